The molecule has 0 aliphatic heterocycles. The van der Waals surface area contributed by atoms with Gasteiger partial charge in [0.2, 0.25) is 0 Å². The second-order valence-electron chi connectivity index (χ2n) is 3.14. The Balaban J connectivity index is 2.93. The van der Waals surface area contributed by atoms with Crippen molar-refractivity contribution in [2.24, 2.45) is 12.0 Å². The molecule has 1 aromatic heterocycles. The Morgan fingerprint density at radius 1 is 1.38 bits per heavy atom. The van der Waals surface area contributed by atoms with Crippen LogP contribution in [0.4, 0.5) is 0 Å². The Hall–Kier alpha value is -1.09. The highest BCUT2D eigenvalue weighted by molar-refractivity contribution is 7.16. The molecule has 0 spiro atoms. The van der Waals surface area contributed by atoms with Crippen molar-refractivity contribution in [2.45, 2.75) is 6.92 Å². The minimum atomic E-state index is 1.07. The molecule has 68 valence electrons. The average molecular weight is 192 g/mol. The number of benzene rings is 1. The van der Waals surface area contributed by atoms with Crippen LogP contribution in [-0.2, 0) is 7.05 Å². The third kappa shape index (κ3) is 1.29. The Labute approximate surface area is 81.2 Å². The summed E-state index contributed by atoms with van der Waals surface area (Å²) in [6.07, 6.45) is 0. The van der Waals surface area contributed by atoms with Gasteiger partial charge in [-0.3, -0.25) is 4.99 Å². The number of aromatic nitrogens is 1. The molecule has 3 heteroatoms. The molecule has 0 radical (unpaired) electrons. The van der Waals surface area contributed by atoms with E-state index in [1.54, 1.807) is 11.3 Å². The van der Waals surface area contributed by atoms with E-state index < -0.39 is 0 Å². The molecular weight excluding hydrogens is 180 g/mol. The Morgan fingerprint density at radius 2 is 2.15 bits per heavy atom. The van der Waals surface area contributed by atoms with E-state index in [2.05, 4.69) is 41.7 Å². The number of hydrogen-bond donors (Lipinski definition) is 0. The molecule has 13 heavy (non-hydrogen) atoms. The first kappa shape index (κ1) is 8.51. The number of thiazole rings is 1. The van der Waals surface area contributed by atoms with Crippen molar-refractivity contribution in [3.8, 4) is 0 Å². The molecule has 0 atom stereocenters. The molecule has 2 aromatic rings. The minimum absolute atomic E-state index is 1.07. The lowest BCUT2D eigenvalue weighted by Gasteiger charge is -1.95. The van der Waals surface area contributed by atoms with Crippen molar-refractivity contribution < 1.29 is 0 Å². The van der Waals surface area contributed by atoms with Crippen molar-refractivity contribution in [3.05, 3.63) is 28.6 Å². The zero-order valence-corrected chi connectivity index (χ0v) is 8.85. The molecule has 0 saturated carbocycles. The summed E-state index contributed by atoms with van der Waals surface area (Å²) in [5, 5.41) is 0. The highest BCUT2D eigenvalue weighted by Gasteiger charge is 2.00. The van der Waals surface area contributed by atoms with E-state index in [-0.39, 0.29) is 0 Å². The van der Waals surface area contributed by atoms with E-state index in [1.807, 2.05) is 7.05 Å². The van der Waals surface area contributed by atoms with E-state index >= 15 is 0 Å². The fourth-order valence-electron chi connectivity index (χ4n) is 1.45. The van der Waals surface area contributed by atoms with Gasteiger partial charge in [0, 0.05) is 14.1 Å². The van der Waals surface area contributed by atoms with E-state index in [0.29, 0.717) is 0 Å². The van der Waals surface area contributed by atoms with Crippen LogP contribution in [0.15, 0.2) is 23.2 Å². The summed E-state index contributed by atoms with van der Waals surface area (Å²) in [7, 11) is 3.88. The molecular formula is C10H12N2S. The first-order valence-corrected chi connectivity index (χ1v) is 5.03. The zero-order chi connectivity index (χ0) is 9.42. The van der Waals surface area contributed by atoms with Gasteiger partial charge in [-0.05, 0) is 24.6 Å². The fraction of sp³-hybridized carbons (Fsp3) is 0.300. The molecule has 2 rings (SSSR count). The highest BCUT2D eigenvalue weighted by Crippen LogP contribution is 2.17. The Kier molecular flexibility index (Phi) is 1.96. The van der Waals surface area contributed by atoms with Gasteiger partial charge in [-0.2, -0.15) is 0 Å². The van der Waals surface area contributed by atoms with Gasteiger partial charge in [0.15, 0.2) is 4.80 Å². The van der Waals surface area contributed by atoms with Crippen LogP contribution in [-0.4, -0.2) is 11.6 Å². The molecule has 0 bridgehead atoms. The monoisotopic (exact) mass is 192 g/mol. The van der Waals surface area contributed by atoms with Crippen LogP contribution in [0.25, 0.3) is 10.2 Å². The zero-order valence-electron chi connectivity index (χ0n) is 8.03. The molecule has 0 saturated heterocycles. The van der Waals surface area contributed by atoms with E-state index in [4.69, 9.17) is 0 Å². The molecule has 0 N–H and O–H groups in total. The lowest BCUT2D eigenvalue weighted by Crippen LogP contribution is -2.08. The topological polar surface area (TPSA) is 17.3 Å². The normalized spacial score (nSPS) is 12.7. The molecule has 1 aromatic carbocycles. The summed E-state index contributed by atoms with van der Waals surface area (Å²) in [5.74, 6) is 0. The number of hydrogen-bond acceptors (Lipinski definition) is 2. The van der Waals surface area contributed by atoms with Gasteiger partial charge in [0.25, 0.3) is 0 Å². The summed E-state index contributed by atoms with van der Waals surface area (Å²) in [5.41, 5.74) is 2.56. The van der Waals surface area contributed by atoms with E-state index in [9.17, 15) is 0 Å². The smallest absolute Gasteiger partial charge is 0.185 e. The van der Waals surface area contributed by atoms with Crippen molar-refractivity contribution in [1.29, 1.82) is 0 Å². The summed E-state index contributed by atoms with van der Waals surface area (Å²) >= 11 is 1.73. The molecule has 2 nitrogen and oxygen atoms in total. The molecule has 0 aliphatic rings. The maximum Gasteiger partial charge on any atom is 0.185 e. The van der Waals surface area contributed by atoms with Crippen LogP contribution in [0.5, 0.6) is 0 Å². The molecule has 0 fully saturated rings. The summed E-state index contributed by atoms with van der Waals surface area (Å²) in [4.78, 5) is 5.29. The Bertz CT molecular complexity index is 505. The van der Waals surface area contributed by atoms with E-state index in [0.717, 1.165) is 4.80 Å². The van der Waals surface area contributed by atoms with Crippen LogP contribution in [0.2, 0.25) is 0 Å². The number of aryl methyl sites for hydroxylation is 2. The molecule has 0 amide bonds. The molecule has 1 heterocycles. The predicted molar refractivity (Wildman–Crippen MR) is 57.0 cm³/mol. The van der Waals surface area contributed by atoms with Gasteiger partial charge in [-0.25, -0.2) is 0 Å². The van der Waals surface area contributed by atoms with Gasteiger partial charge in [-0.15, -0.1) is 0 Å². The van der Waals surface area contributed by atoms with Gasteiger partial charge >= 0.3 is 0 Å². The standard InChI is InChI=1S/C10H12N2S/c1-7-4-5-8-9(6-7)13-10(11-2)12(8)3/h4-6H,1-3H3. The van der Waals surface area contributed by atoms with Crippen molar-refractivity contribution >= 4 is 21.6 Å². The summed E-state index contributed by atoms with van der Waals surface area (Å²) in [6, 6.07) is 6.49. The van der Waals surface area contributed by atoms with Crippen molar-refractivity contribution in [2.75, 3.05) is 7.05 Å². The second-order valence-corrected chi connectivity index (χ2v) is 4.15. The highest BCUT2D eigenvalue weighted by atomic mass is 32.1. The summed E-state index contributed by atoms with van der Waals surface area (Å²) < 4.78 is 3.43. The van der Waals surface area contributed by atoms with Gasteiger partial charge in [0.05, 0.1) is 10.2 Å². The van der Waals surface area contributed by atoms with Crippen LogP contribution in [0.3, 0.4) is 0 Å². The maximum atomic E-state index is 4.22. The van der Waals surface area contributed by atoms with Crippen molar-refractivity contribution in [1.82, 2.24) is 4.57 Å². The maximum absolute atomic E-state index is 4.22. The van der Waals surface area contributed by atoms with Crippen LogP contribution < -0.4 is 4.80 Å². The van der Waals surface area contributed by atoms with Gasteiger partial charge in [-0.1, -0.05) is 17.4 Å². The third-order valence-electron chi connectivity index (χ3n) is 2.16. The quantitative estimate of drug-likeness (QED) is 0.608. The van der Waals surface area contributed by atoms with Crippen LogP contribution in [0.1, 0.15) is 5.56 Å². The first-order chi connectivity index (χ1) is 6.22. The number of fused-ring (bicyclic) bond motifs is 1. The van der Waals surface area contributed by atoms with Gasteiger partial charge < -0.3 is 4.57 Å². The van der Waals surface area contributed by atoms with Crippen LogP contribution in [0, 0.1) is 6.92 Å². The Morgan fingerprint density at radius 3 is 2.85 bits per heavy atom. The number of nitrogens with zero attached hydrogens (tertiary/aromatic N) is 2. The fourth-order valence-corrected chi connectivity index (χ4v) is 2.52. The molecule has 0 unspecified atom stereocenters. The SMILES string of the molecule is CN=c1sc2cc(C)ccc2n1C. The molecule has 0 aliphatic carbocycles. The summed E-state index contributed by atoms with van der Waals surface area (Å²) in [6.45, 7) is 2.11. The predicted octanol–water partition coefficient (Wildman–Crippen LogP) is 2.08. The van der Waals surface area contributed by atoms with Crippen LogP contribution >= 0.6 is 11.3 Å². The van der Waals surface area contributed by atoms with E-state index in [1.165, 1.54) is 15.8 Å². The lowest BCUT2D eigenvalue weighted by molar-refractivity contribution is 0.904. The third-order valence-corrected chi connectivity index (χ3v) is 3.34. The largest absolute Gasteiger partial charge is 0.320 e. The minimum Gasteiger partial charge on any atom is -0.320 e. The van der Waals surface area contributed by atoms with Gasteiger partial charge in [0.1, 0.15) is 0 Å². The number of rotatable bonds is 0. The second kappa shape index (κ2) is 3.00. The van der Waals surface area contributed by atoms with Crippen molar-refractivity contribution in [3.63, 3.8) is 0 Å². The first-order valence-electron chi connectivity index (χ1n) is 4.21. The average Bonchev–Trinajstić information content (AvgIpc) is 2.42. The lowest BCUT2D eigenvalue weighted by atomic mass is 10.2.